The predicted octanol–water partition coefficient (Wildman–Crippen LogP) is 1.37. The van der Waals surface area contributed by atoms with E-state index in [9.17, 15) is 14.4 Å². The van der Waals surface area contributed by atoms with Gasteiger partial charge in [-0.15, -0.1) is 10.2 Å². The number of carbonyl (C=O) groups excluding carboxylic acids is 3. The first kappa shape index (κ1) is 18.2. The summed E-state index contributed by atoms with van der Waals surface area (Å²) in [4.78, 5) is 38.6. The Balaban J connectivity index is 1.25. The van der Waals surface area contributed by atoms with E-state index in [0.29, 0.717) is 43.7 Å². The molecule has 0 bridgehead atoms. The third-order valence-corrected chi connectivity index (χ3v) is 5.11. The van der Waals surface area contributed by atoms with Gasteiger partial charge in [0, 0.05) is 44.9 Å². The zero-order valence-corrected chi connectivity index (χ0v) is 15.3. The van der Waals surface area contributed by atoms with Gasteiger partial charge in [-0.05, 0) is 25.0 Å². The van der Waals surface area contributed by atoms with Crippen LogP contribution in [0.1, 0.15) is 37.5 Å². The molecule has 1 N–H and O–H groups in total. The number of nitrogens with zero attached hydrogens (tertiary/aromatic N) is 4. The molecule has 0 aromatic carbocycles. The Morgan fingerprint density at radius 1 is 1.21 bits per heavy atom. The van der Waals surface area contributed by atoms with Crippen LogP contribution in [-0.2, 0) is 9.59 Å². The maximum Gasteiger partial charge on any atom is 0.324 e. The van der Waals surface area contributed by atoms with Crippen LogP contribution in [0.5, 0.6) is 0 Å². The molecule has 2 aromatic heterocycles. The smallest absolute Gasteiger partial charge is 0.324 e. The molecule has 0 unspecified atom stereocenters. The van der Waals surface area contributed by atoms with Gasteiger partial charge < -0.3 is 18.6 Å². The molecule has 4 heterocycles. The summed E-state index contributed by atoms with van der Waals surface area (Å²) in [5, 5.41) is 10.4. The molecule has 2 fully saturated rings. The molecule has 0 spiro atoms. The molecule has 10 nitrogen and oxygen atoms in total. The Labute approximate surface area is 160 Å². The van der Waals surface area contributed by atoms with Crippen molar-refractivity contribution in [1.82, 2.24) is 25.3 Å². The molecule has 4 rings (SSSR count). The van der Waals surface area contributed by atoms with Crippen LogP contribution in [0, 0.1) is 0 Å². The minimum absolute atomic E-state index is 0.00459. The van der Waals surface area contributed by atoms with Crippen molar-refractivity contribution in [3.63, 3.8) is 0 Å². The van der Waals surface area contributed by atoms with E-state index in [1.165, 1.54) is 4.90 Å². The number of hydrogen-bond donors (Lipinski definition) is 1. The van der Waals surface area contributed by atoms with E-state index >= 15 is 0 Å². The number of hydrogen-bond acceptors (Lipinski definition) is 7. The molecule has 0 aliphatic carbocycles. The lowest BCUT2D eigenvalue weighted by molar-refractivity contribution is -0.132. The maximum atomic E-state index is 12.5. The minimum atomic E-state index is -0.425. The van der Waals surface area contributed by atoms with Gasteiger partial charge in [0.1, 0.15) is 0 Å². The minimum Gasteiger partial charge on any atom is -0.459 e. The largest absolute Gasteiger partial charge is 0.459 e. The highest BCUT2D eigenvalue weighted by molar-refractivity contribution is 5.96. The highest BCUT2D eigenvalue weighted by Gasteiger charge is 2.29. The zero-order chi connectivity index (χ0) is 19.5. The summed E-state index contributed by atoms with van der Waals surface area (Å²) in [6.45, 7) is 1.88. The van der Waals surface area contributed by atoms with E-state index in [4.69, 9.17) is 8.83 Å². The number of rotatable bonds is 5. The molecule has 2 saturated heterocycles. The normalized spacial score (nSPS) is 18.4. The molecule has 148 valence electrons. The first-order valence-corrected chi connectivity index (χ1v) is 9.34. The lowest BCUT2D eigenvalue weighted by Gasteiger charge is -2.32. The molecule has 0 radical (unpaired) electrons. The average molecular weight is 387 g/mol. The zero-order valence-electron chi connectivity index (χ0n) is 15.3. The van der Waals surface area contributed by atoms with E-state index in [0.717, 1.165) is 12.8 Å². The SMILES string of the molecule is O=C1CCN(CCC(=O)N2CCC(c3nnc(-c4ccco4)o3)CC2)C(=O)N1. The Morgan fingerprint density at radius 3 is 2.75 bits per heavy atom. The van der Waals surface area contributed by atoms with E-state index in [2.05, 4.69) is 15.5 Å². The molecule has 0 atom stereocenters. The van der Waals surface area contributed by atoms with Crippen molar-refractivity contribution >= 4 is 17.8 Å². The second-order valence-electron chi connectivity index (χ2n) is 6.92. The van der Waals surface area contributed by atoms with Crippen LogP contribution < -0.4 is 5.32 Å². The van der Waals surface area contributed by atoms with Gasteiger partial charge >= 0.3 is 6.03 Å². The van der Waals surface area contributed by atoms with Gasteiger partial charge in [0.2, 0.25) is 17.7 Å². The molecule has 28 heavy (non-hydrogen) atoms. The van der Waals surface area contributed by atoms with Crippen molar-refractivity contribution in [3.05, 3.63) is 24.3 Å². The molecule has 0 saturated carbocycles. The van der Waals surface area contributed by atoms with E-state index in [-0.39, 0.29) is 30.6 Å². The summed E-state index contributed by atoms with van der Waals surface area (Å²) in [6, 6.07) is 3.10. The monoisotopic (exact) mass is 387 g/mol. The lowest BCUT2D eigenvalue weighted by Crippen LogP contribution is -2.50. The highest BCUT2D eigenvalue weighted by atomic mass is 16.4. The lowest BCUT2D eigenvalue weighted by atomic mass is 9.96. The van der Waals surface area contributed by atoms with Gasteiger partial charge in [0.25, 0.3) is 5.89 Å². The number of amides is 4. The standard InChI is InChI=1S/C18H21N5O5/c24-14-5-9-23(18(26)19-14)10-6-15(25)22-7-3-12(4-8-22)16-20-21-17(28-16)13-2-1-11-27-13/h1-2,11-12H,3-10H2,(H,19,24,26). The van der Waals surface area contributed by atoms with E-state index in [1.807, 2.05) is 0 Å². The van der Waals surface area contributed by atoms with Crippen LogP contribution >= 0.6 is 0 Å². The number of likely N-dealkylation sites (tertiary alicyclic amines) is 1. The van der Waals surface area contributed by atoms with E-state index < -0.39 is 6.03 Å². The van der Waals surface area contributed by atoms with Gasteiger partial charge in [0.05, 0.1) is 6.26 Å². The van der Waals surface area contributed by atoms with Crippen molar-refractivity contribution in [2.45, 2.75) is 31.6 Å². The summed E-state index contributed by atoms with van der Waals surface area (Å²) in [6.07, 6.45) is 3.55. The molecule has 4 amide bonds. The van der Waals surface area contributed by atoms with Gasteiger partial charge in [-0.1, -0.05) is 0 Å². The summed E-state index contributed by atoms with van der Waals surface area (Å²) < 4.78 is 11.0. The second kappa shape index (κ2) is 7.83. The number of carbonyl (C=O) groups is 3. The summed E-state index contributed by atoms with van der Waals surface area (Å²) >= 11 is 0. The number of imide groups is 1. The van der Waals surface area contributed by atoms with Crippen LogP contribution in [-0.4, -0.2) is 64.0 Å². The van der Waals surface area contributed by atoms with Crippen LogP contribution in [0.25, 0.3) is 11.7 Å². The molecule has 2 aliphatic rings. The maximum absolute atomic E-state index is 12.5. The number of nitrogens with one attached hydrogen (secondary N) is 1. The van der Waals surface area contributed by atoms with Gasteiger partial charge in [-0.3, -0.25) is 14.9 Å². The Morgan fingerprint density at radius 2 is 2.04 bits per heavy atom. The van der Waals surface area contributed by atoms with Gasteiger partial charge in [0.15, 0.2) is 5.76 Å². The van der Waals surface area contributed by atoms with Crippen molar-refractivity contribution < 1.29 is 23.2 Å². The second-order valence-corrected chi connectivity index (χ2v) is 6.92. The quantitative estimate of drug-likeness (QED) is 0.822. The van der Waals surface area contributed by atoms with Crippen LogP contribution in [0.15, 0.2) is 27.2 Å². The summed E-state index contributed by atoms with van der Waals surface area (Å²) in [5.41, 5.74) is 0. The van der Waals surface area contributed by atoms with Crippen LogP contribution in [0.3, 0.4) is 0 Å². The van der Waals surface area contributed by atoms with Crippen molar-refractivity contribution in [1.29, 1.82) is 0 Å². The fourth-order valence-corrected chi connectivity index (χ4v) is 3.48. The third-order valence-electron chi connectivity index (χ3n) is 5.11. The van der Waals surface area contributed by atoms with Crippen LogP contribution in [0.4, 0.5) is 4.79 Å². The number of urea groups is 1. The first-order chi connectivity index (χ1) is 13.6. The molecule has 10 heteroatoms. The molecule has 2 aromatic rings. The first-order valence-electron chi connectivity index (χ1n) is 9.34. The molecular formula is C18H21N5O5. The average Bonchev–Trinajstić information content (AvgIpc) is 3.39. The predicted molar refractivity (Wildman–Crippen MR) is 94.9 cm³/mol. The van der Waals surface area contributed by atoms with Crippen molar-refractivity contribution in [2.75, 3.05) is 26.2 Å². The van der Waals surface area contributed by atoms with Gasteiger partial charge in [-0.25, -0.2) is 4.79 Å². The fraction of sp³-hybridized carbons (Fsp3) is 0.500. The van der Waals surface area contributed by atoms with E-state index in [1.54, 1.807) is 23.3 Å². The number of furan rings is 1. The topological polar surface area (TPSA) is 122 Å². The van der Waals surface area contributed by atoms with Gasteiger partial charge in [-0.2, -0.15) is 0 Å². The van der Waals surface area contributed by atoms with Crippen LogP contribution in [0.2, 0.25) is 0 Å². The highest BCUT2D eigenvalue weighted by Crippen LogP contribution is 2.29. The molecule has 2 aliphatic heterocycles. The third kappa shape index (κ3) is 3.90. The summed E-state index contributed by atoms with van der Waals surface area (Å²) in [7, 11) is 0. The number of aromatic nitrogens is 2. The van der Waals surface area contributed by atoms with Crippen molar-refractivity contribution in [3.8, 4) is 11.7 Å². The molecular weight excluding hydrogens is 366 g/mol. The Hall–Kier alpha value is -3.17. The Bertz CT molecular complexity index is 854. The Kier molecular flexibility index (Phi) is 5.09. The van der Waals surface area contributed by atoms with Crippen molar-refractivity contribution in [2.24, 2.45) is 0 Å². The fourth-order valence-electron chi connectivity index (χ4n) is 3.48. The summed E-state index contributed by atoms with van der Waals surface area (Å²) in [5.74, 6) is 1.30. The number of piperidine rings is 1.